The normalized spacial score (nSPS) is 14.4. The highest BCUT2D eigenvalue weighted by atomic mass is 35.5. The zero-order valence-electron chi connectivity index (χ0n) is 20.7. The van der Waals surface area contributed by atoms with E-state index in [4.69, 9.17) is 23.2 Å². The van der Waals surface area contributed by atoms with E-state index >= 15 is 0 Å². The molecule has 38 heavy (non-hydrogen) atoms. The van der Waals surface area contributed by atoms with Crippen molar-refractivity contribution in [1.82, 2.24) is 24.4 Å². The molecule has 0 radical (unpaired) electrons. The van der Waals surface area contributed by atoms with Gasteiger partial charge in [-0.05, 0) is 43.2 Å². The van der Waals surface area contributed by atoms with Crippen LogP contribution in [0, 0.1) is 0 Å². The summed E-state index contributed by atoms with van der Waals surface area (Å²) >= 11 is 13.6. The lowest BCUT2D eigenvalue weighted by molar-refractivity contribution is -0.118. The molecule has 3 aromatic rings. The van der Waals surface area contributed by atoms with E-state index in [2.05, 4.69) is 15.5 Å². The molecule has 2 heterocycles. The van der Waals surface area contributed by atoms with Crippen LogP contribution < -0.4 is 5.32 Å². The minimum Gasteiger partial charge on any atom is -0.356 e. The third-order valence-electron chi connectivity index (χ3n) is 5.99. The predicted octanol–water partition coefficient (Wildman–Crippen LogP) is 4.40. The summed E-state index contributed by atoms with van der Waals surface area (Å²) in [6.45, 7) is 2.83. The number of benzene rings is 2. The summed E-state index contributed by atoms with van der Waals surface area (Å²) in [5, 5.41) is 12.6. The highest BCUT2D eigenvalue weighted by Gasteiger charge is 2.26. The molecule has 0 unspecified atom stereocenters. The topological polar surface area (TPSA) is 114 Å². The number of piperidine rings is 1. The van der Waals surface area contributed by atoms with Crippen LogP contribution in [0.4, 0.5) is 0 Å². The Hall–Kier alpha value is -2.44. The van der Waals surface area contributed by atoms with Gasteiger partial charge in [-0.15, -0.1) is 10.2 Å². The molecule has 0 bridgehead atoms. The van der Waals surface area contributed by atoms with Crippen molar-refractivity contribution in [3.8, 4) is 5.69 Å². The molecule has 0 atom stereocenters. The van der Waals surface area contributed by atoms with E-state index in [0.717, 1.165) is 19.3 Å². The minimum atomic E-state index is -3.57. The average Bonchev–Trinajstić information content (AvgIpc) is 3.29. The molecule has 0 aliphatic carbocycles. The van der Waals surface area contributed by atoms with E-state index in [0.29, 0.717) is 58.3 Å². The fourth-order valence-electron chi connectivity index (χ4n) is 4.11. The molecule has 13 heteroatoms. The molecule has 1 N–H and O–H groups in total. The molecule has 1 amide bonds. The number of rotatable bonds is 10. The van der Waals surface area contributed by atoms with E-state index in [1.54, 1.807) is 34.9 Å². The minimum absolute atomic E-state index is 0.0519. The maximum absolute atomic E-state index is 13.0. The highest BCUT2D eigenvalue weighted by molar-refractivity contribution is 7.99. The van der Waals surface area contributed by atoms with E-state index in [1.165, 1.54) is 35.1 Å². The number of halogens is 2. The lowest BCUT2D eigenvalue weighted by Gasteiger charge is -2.25. The molecular formula is C25H27Cl2N5O4S2. The van der Waals surface area contributed by atoms with E-state index in [9.17, 15) is 18.0 Å². The van der Waals surface area contributed by atoms with Gasteiger partial charge < -0.3 is 5.32 Å². The predicted molar refractivity (Wildman–Crippen MR) is 148 cm³/mol. The Morgan fingerprint density at radius 1 is 1.00 bits per heavy atom. The third-order valence-corrected chi connectivity index (χ3v) is 9.27. The highest BCUT2D eigenvalue weighted by Crippen LogP contribution is 2.28. The maximum Gasteiger partial charge on any atom is 0.243 e. The SMILES string of the molecule is CC(=O)NCCc1nnc(SCC(=O)c2ccc(S(=O)(=O)N3CCCCC3)cc2)n1-c1cc(Cl)cc(Cl)c1. The summed E-state index contributed by atoms with van der Waals surface area (Å²) in [6, 6.07) is 11.1. The largest absolute Gasteiger partial charge is 0.356 e. The number of nitrogens with zero attached hydrogens (tertiary/aromatic N) is 4. The van der Waals surface area contributed by atoms with Crippen LogP contribution in [0.3, 0.4) is 0 Å². The fourth-order valence-corrected chi connectivity index (χ4v) is 7.01. The molecule has 0 spiro atoms. The lowest BCUT2D eigenvalue weighted by Crippen LogP contribution is -2.35. The fraction of sp³-hybridized carbons (Fsp3) is 0.360. The Kier molecular flexibility index (Phi) is 9.48. The number of carbonyl (C=O) groups is 2. The number of thioether (sulfide) groups is 1. The second-order valence-electron chi connectivity index (χ2n) is 8.80. The lowest BCUT2D eigenvalue weighted by atomic mass is 10.1. The van der Waals surface area contributed by atoms with Crippen LogP contribution in [0.2, 0.25) is 10.0 Å². The van der Waals surface area contributed by atoms with Gasteiger partial charge in [0.05, 0.1) is 16.3 Å². The van der Waals surface area contributed by atoms with Crippen LogP contribution in [-0.2, 0) is 21.2 Å². The Bertz CT molecular complexity index is 1400. The molecule has 9 nitrogen and oxygen atoms in total. The molecule has 1 aliphatic heterocycles. The summed E-state index contributed by atoms with van der Waals surface area (Å²) < 4.78 is 29.0. The molecule has 2 aromatic carbocycles. The summed E-state index contributed by atoms with van der Waals surface area (Å²) in [5.41, 5.74) is 1.03. The van der Waals surface area contributed by atoms with Crippen molar-refractivity contribution in [2.24, 2.45) is 0 Å². The van der Waals surface area contributed by atoms with Crippen LogP contribution in [-0.4, -0.2) is 64.6 Å². The molecule has 1 aliphatic rings. The van der Waals surface area contributed by atoms with Gasteiger partial charge in [-0.25, -0.2) is 8.42 Å². The average molecular weight is 597 g/mol. The van der Waals surface area contributed by atoms with Crippen molar-refractivity contribution in [3.05, 3.63) is 63.9 Å². The van der Waals surface area contributed by atoms with Gasteiger partial charge in [0.1, 0.15) is 5.82 Å². The first-order valence-corrected chi connectivity index (χ1v) is 15.2. The van der Waals surface area contributed by atoms with Gasteiger partial charge in [0, 0.05) is 48.6 Å². The Balaban J connectivity index is 1.50. The molecule has 4 rings (SSSR count). The number of ketones is 1. The monoisotopic (exact) mass is 595 g/mol. The van der Waals surface area contributed by atoms with Gasteiger partial charge in [-0.3, -0.25) is 14.2 Å². The van der Waals surface area contributed by atoms with Crippen LogP contribution in [0.15, 0.2) is 52.5 Å². The third kappa shape index (κ3) is 6.95. The maximum atomic E-state index is 13.0. The first-order chi connectivity index (χ1) is 18.1. The van der Waals surface area contributed by atoms with Crippen molar-refractivity contribution in [2.75, 3.05) is 25.4 Å². The quantitative estimate of drug-likeness (QED) is 0.273. The van der Waals surface area contributed by atoms with Crippen LogP contribution in [0.5, 0.6) is 0 Å². The standard InChI is InChI=1S/C25H27Cl2N5O4S2/c1-17(33)28-10-9-24-29-30-25(32(24)21-14-19(26)13-20(27)15-21)37-16-23(34)18-5-7-22(8-6-18)38(35,36)31-11-3-2-4-12-31/h5-8,13-15H,2-4,9-12,16H2,1H3,(H,28,33). The summed E-state index contributed by atoms with van der Waals surface area (Å²) in [5.74, 6) is 0.280. The molecule has 202 valence electrons. The molecule has 0 saturated carbocycles. The van der Waals surface area contributed by atoms with Crippen LogP contribution in [0.25, 0.3) is 5.69 Å². The molecule has 1 saturated heterocycles. The van der Waals surface area contributed by atoms with E-state index in [1.807, 2.05) is 0 Å². The Morgan fingerprint density at radius 3 is 2.29 bits per heavy atom. The van der Waals surface area contributed by atoms with Gasteiger partial charge in [0.15, 0.2) is 10.9 Å². The first kappa shape index (κ1) is 28.6. The second-order valence-corrected chi connectivity index (χ2v) is 12.5. The van der Waals surface area contributed by atoms with Crippen LogP contribution in [0.1, 0.15) is 42.4 Å². The van der Waals surface area contributed by atoms with Crippen molar-refractivity contribution in [2.45, 2.75) is 42.7 Å². The van der Waals surface area contributed by atoms with Gasteiger partial charge >= 0.3 is 0 Å². The second kappa shape index (κ2) is 12.6. The number of Topliss-reactive ketones (excluding diaryl/α,β-unsaturated/α-hetero) is 1. The van der Waals surface area contributed by atoms with Crippen molar-refractivity contribution in [3.63, 3.8) is 0 Å². The number of carbonyl (C=O) groups excluding carboxylic acids is 2. The van der Waals surface area contributed by atoms with Gasteiger partial charge in [0.25, 0.3) is 0 Å². The van der Waals surface area contributed by atoms with E-state index < -0.39 is 10.0 Å². The summed E-state index contributed by atoms with van der Waals surface area (Å²) in [7, 11) is -3.57. The smallest absolute Gasteiger partial charge is 0.243 e. The van der Waals surface area contributed by atoms with Crippen molar-refractivity contribution < 1.29 is 18.0 Å². The number of aromatic nitrogens is 3. The number of hydrogen-bond donors (Lipinski definition) is 1. The summed E-state index contributed by atoms with van der Waals surface area (Å²) in [4.78, 5) is 24.4. The molecular weight excluding hydrogens is 569 g/mol. The zero-order valence-corrected chi connectivity index (χ0v) is 23.8. The Labute approximate surface area is 236 Å². The summed E-state index contributed by atoms with van der Waals surface area (Å²) in [6.07, 6.45) is 3.15. The van der Waals surface area contributed by atoms with Crippen molar-refractivity contribution in [1.29, 1.82) is 0 Å². The molecule has 1 aromatic heterocycles. The van der Waals surface area contributed by atoms with Gasteiger partial charge in [0.2, 0.25) is 15.9 Å². The van der Waals surface area contributed by atoms with Crippen molar-refractivity contribution >= 4 is 56.7 Å². The number of amides is 1. The zero-order chi connectivity index (χ0) is 27.3. The first-order valence-electron chi connectivity index (χ1n) is 12.1. The van der Waals surface area contributed by atoms with Crippen LogP contribution >= 0.6 is 35.0 Å². The number of sulfonamides is 1. The number of nitrogens with one attached hydrogen (secondary N) is 1. The van der Waals surface area contributed by atoms with Gasteiger partial charge in [-0.1, -0.05) is 53.5 Å². The molecule has 1 fully saturated rings. The number of hydrogen-bond acceptors (Lipinski definition) is 7. The Morgan fingerprint density at radius 2 is 1.66 bits per heavy atom. The van der Waals surface area contributed by atoms with E-state index in [-0.39, 0.29) is 22.3 Å². The van der Waals surface area contributed by atoms with Gasteiger partial charge in [-0.2, -0.15) is 4.31 Å².